The van der Waals surface area contributed by atoms with E-state index in [0.29, 0.717) is 17.9 Å². The summed E-state index contributed by atoms with van der Waals surface area (Å²) >= 11 is 3.47. The van der Waals surface area contributed by atoms with E-state index >= 15 is 0 Å². The summed E-state index contributed by atoms with van der Waals surface area (Å²) < 4.78 is 14.1. The first-order valence-electron chi connectivity index (χ1n) is 9.16. The molecule has 3 rings (SSSR count). The second-order valence-corrected chi connectivity index (χ2v) is 7.87. The van der Waals surface area contributed by atoms with Gasteiger partial charge in [-0.05, 0) is 52.9 Å². The monoisotopic (exact) mass is 447 g/mol. The number of halogens is 2. The number of nitrogens with zero attached hydrogens (tertiary/aromatic N) is 3. The Morgan fingerprint density at radius 1 is 1.25 bits per heavy atom. The number of rotatable bonds is 7. The van der Waals surface area contributed by atoms with Gasteiger partial charge < -0.3 is 4.90 Å². The maximum Gasteiger partial charge on any atom is 0.275 e. The fourth-order valence-electron chi connectivity index (χ4n) is 2.94. The number of aromatic nitrogens is 4. The normalized spacial score (nSPS) is 11.2. The molecule has 1 aromatic carbocycles. The quantitative estimate of drug-likeness (QED) is 0.558. The van der Waals surface area contributed by atoms with E-state index in [1.54, 1.807) is 18.0 Å². The van der Waals surface area contributed by atoms with Crippen LogP contribution in [0, 0.1) is 5.82 Å². The highest BCUT2D eigenvalue weighted by Gasteiger charge is 2.22. The number of hydrogen-bond acceptors (Lipinski definition) is 3. The summed E-state index contributed by atoms with van der Waals surface area (Å²) in [5, 5.41) is 14.3. The first-order valence-corrected chi connectivity index (χ1v) is 9.95. The lowest BCUT2D eigenvalue weighted by Crippen LogP contribution is -2.28. The highest BCUT2D eigenvalue weighted by molar-refractivity contribution is 9.10. The molecule has 0 aliphatic carbocycles. The summed E-state index contributed by atoms with van der Waals surface area (Å²) in [5.74, 6) is -0.159. The number of benzene rings is 1. The number of carbonyl (C=O) groups excluding carboxylic acids is 1. The molecule has 0 saturated carbocycles. The lowest BCUT2D eigenvalue weighted by molar-refractivity contribution is 0.0786. The van der Waals surface area contributed by atoms with E-state index in [1.165, 1.54) is 12.1 Å². The van der Waals surface area contributed by atoms with Crippen LogP contribution in [0.2, 0.25) is 0 Å². The Morgan fingerprint density at radius 2 is 2.04 bits per heavy atom. The van der Waals surface area contributed by atoms with Gasteiger partial charge in [0.15, 0.2) is 5.69 Å². The lowest BCUT2D eigenvalue weighted by atomic mass is 10.1. The second kappa shape index (κ2) is 8.68. The van der Waals surface area contributed by atoms with Crippen LogP contribution in [0.4, 0.5) is 4.39 Å². The van der Waals surface area contributed by atoms with Crippen molar-refractivity contribution in [2.45, 2.75) is 32.6 Å². The van der Waals surface area contributed by atoms with Gasteiger partial charge in [0, 0.05) is 24.8 Å². The molecule has 8 heteroatoms. The van der Waals surface area contributed by atoms with E-state index in [9.17, 15) is 9.18 Å². The van der Waals surface area contributed by atoms with Gasteiger partial charge in [-0.2, -0.15) is 10.2 Å². The van der Waals surface area contributed by atoms with Gasteiger partial charge in [0.2, 0.25) is 0 Å². The van der Waals surface area contributed by atoms with E-state index in [0.717, 1.165) is 34.3 Å². The van der Waals surface area contributed by atoms with Crippen molar-refractivity contribution >= 4 is 21.8 Å². The minimum Gasteiger partial charge on any atom is -0.340 e. The molecule has 148 valence electrons. The van der Waals surface area contributed by atoms with Gasteiger partial charge in [-0.25, -0.2) is 4.39 Å². The molecule has 1 amide bonds. The average molecular weight is 448 g/mol. The van der Waals surface area contributed by atoms with E-state index in [1.807, 2.05) is 26.0 Å². The third-order valence-electron chi connectivity index (χ3n) is 4.55. The zero-order chi connectivity index (χ0) is 20.3. The third kappa shape index (κ3) is 4.49. The van der Waals surface area contributed by atoms with Crippen LogP contribution in [-0.2, 0) is 6.42 Å². The number of carbonyl (C=O) groups is 1. The molecule has 0 unspecified atom stereocenters. The Bertz CT molecular complexity index is 965. The molecule has 28 heavy (non-hydrogen) atoms. The standard InChI is InChI=1S/C20H23BrFN5O/c1-12(2)18-17(21)19(26-25-18)20(28)27(3)9-5-8-15-11-16(24-23-15)13-6-4-7-14(22)10-13/h4,6-7,10-12H,5,8-9H2,1-3H3,(H,23,24)(H,25,26). The Morgan fingerprint density at radius 3 is 2.71 bits per heavy atom. The lowest BCUT2D eigenvalue weighted by Gasteiger charge is -2.15. The molecule has 2 N–H and O–H groups in total. The van der Waals surface area contributed by atoms with Crippen LogP contribution in [-0.4, -0.2) is 44.8 Å². The van der Waals surface area contributed by atoms with Crippen LogP contribution in [0.25, 0.3) is 11.3 Å². The molecule has 0 fully saturated rings. The summed E-state index contributed by atoms with van der Waals surface area (Å²) in [6, 6.07) is 8.27. The number of hydrogen-bond donors (Lipinski definition) is 2. The van der Waals surface area contributed by atoms with E-state index in [2.05, 4.69) is 36.3 Å². The van der Waals surface area contributed by atoms with Crippen molar-refractivity contribution in [2.24, 2.45) is 0 Å². The fourth-order valence-corrected chi connectivity index (χ4v) is 3.75. The van der Waals surface area contributed by atoms with Gasteiger partial charge in [-0.1, -0.05) is 26.0 Å². The van der Waals surface area contributed by atoms with Gasteiger partial charge in [0.05, 0.1) is 15.9 Å². The van der Waals surface area contributed by atoms with Crippen molar-refractivity contribution in [3.05, 3.63) is 57.7 Å². The van der Waals surface area contributed by atoms with Crippen LogP contribution in [0.15, 0.2) is 34.8 Å². The Hall–Kier alpha value is -2.48. The van der Waals surface area contributed by atoms with E-state index in [-0.39, 0.29) is 17.6 Å². The first kappa shape index (κ1) is 20.3. The molecule has 3 aromatic rings. The number of H-pyrrole nitrogens is 2. The minimum atomic E-state index is -0.285. The number of nitrogens with one attached hydrogen (secondary N) is 2. The Labute approximate surface area is 171 Å². The van der Waals surface area contributed by atoms with Crippen LogP contribution < -0.4 is 0 Å². The summed E-state index contributed by atoms with van der Waals surface area (Å²) in [4.78, 5) is 14.3. The minimum absolute atomic E-state index is 0.125. The highest BCUT2D eigenvalue weighted by Crippen LogP contribution is 2.26. The van der Waals surface area contributed by atoms with Crippen molar-refractivity contribution < 1.29 is 9.18 Å². The summed E-state index contributed by atoms with van der Waals surface area (Å²) in [5.41, 5.74) is 3.71. The predicted molar refractivity (Wildman–Crippen MR) is 110 cm³/mol. The van der Waals surface area contributed by atoms with Gasteiger partial charge >= 0.3 is 0 Å². The highest BCUT2D eigenvalue weighted by atomic mass is 79.9. The molecule has 0 saturated heterocycles. The molecular formula is C20H23BrFN5O. The number of amides is 1. The molecular weight excluding hydrogens is 425 g/mol. The SMILES string of the molecule is CC(C)c1[nH]nc(C(=O)N(C)CCCc2cc(-c3cccc(F)c3)n[nH]2)c1Br. The van der Waals surface area contributed by atoms with Crippen LogP contribution >= 0.6 is 15.9 Å². The maximum absolute atomic E-state index is 13.4. The second-order valence-electron chi connectivity index (χ2n) is 7.07. The van der Waals surface area contributed by atoms with E-state index < -0.39 is 0 Å². The smallest absolute Gasteiger partial charge is 0.275 e. The summed E-state index contributed by atoms with van der Waals surface area (Å²) in [6.45, 7) is 4.67. The molecule has 2 heterocycles. The van der Waals surface area contributed by atoms with E-state index in [4.69, 9.17) is 0 Å². The Balaban J connectivity index is 1.56. The zero-order valence-corrected chi connectivity index (χ0v) is 17.7. The average Bonchev–Trinajstić information content (AvgIpc) is 3.28. The van der Waals surface area contributed by atoms with Gasteiger partial charge in [0.1, 0.15) is 5.82 Å². The molecule has 2 aromatic heterocycles. The number of aryl methyl sites for hydroxylation is 1. The number of aromatic amines is 2. The molecule has 0 atom stereocenters. The largest absolute Gasteiger partial charge is 0.340 e. The molecule has 0 spiro atoms. The fraction of sp³-hybridized carbons (Fsp3) is 0.350. The summed E-state index contributed by atoms with van der Waals surface area (Å²) in [6.07, 6.45) is 1.50. The van der Waals surface area contributed by atoms with Crippen LogP contribution in [0.1, 0.15) is 48.1 Å². The molecule has 0 radical (unpaired) electrons. The van der Waals surface area contributed by atoms with Crippen molar-refractivity contribution in [3.8, 4) is 11.3 Å². The Kier molecular flexibility index (Phi) is 6.28. The molecule has 0 aliphatic rings. The van der Waals surface area contributed by atoms with Crippen molar-refractivity contribution in [3.63, 3.8) is 0 Å². The maximum atomic E-state index is 13.4. The van der Waals surface area contributed by atoms with Crippen molar-refractivity contribution in [1.82, 2.24) is 25.3 Å². The van der Waals surface area contributed by atoms with Crippen LogP contribution in [0.3, 0.4) is 0 Å². The van der Waals surface area contributed by atoms with Crippen molar-refractivity contribution in [1.29, 1.82) is 0 Å². The predicted octanol–water partition coefficient (Wildman–Crippen LogP) is 4.53. The van der Waals surface area contributed by atoms with Gasteiger partial charge in [-0.3, -0.25) is 15.0 Å². The van der Waals surface area contributed by atoms with Crippen LogP contribution in [0.5, 0.6) is 0 Å². The summed E-state index contributed by atoms with van der Waals surface area (Å²) in [7, 11) is 1.77. The van der Waals surface area contributed by atoms with Gasteiger partial charge in [-0.15, -0.1) is 0 Å². The zero-order valence-electron chi connectivity index (χ0n) is 16.1. The molecule has 0 bridgehead atoms. The third-order valence-corrected chi connectivity index (χ3v) is 5.35. The first-order chi connectivity index (χ1) is 13.4. The van der Waals surface area contributed by atoms with Crippen molar-refractivity contribution in [2.75, 3.05) is 13.6 Å². The van der Waals surface area contributed by atoms with Gasteiger partial charge in [0.25, 0.3) is 5.91 Å². The molecule has 0 aliphatic heterocycles. The molecule has 6 nitrogen and oxygen atoms in total. The topological polar surface area (TPSA) is 77.7 Å².